The van der Waals surface area contributed by atoms with Gasteiger partial charge in [0.1, 0.15) is 0 Å². The Morgan fingerprint density at radius 2 is 1.67 bits per heavy atom. The molecule has 3 N–H and O–H groups in total. The average Bonchev–Trinajstić information content (AvgIpc) is 3.42. The van der Waals surface area contributed by atoms with E-state index in [1.165, 1.54) is 5.56 Å². The molecule has 2 aromatic heterocycles. The Balaban J connectivity index is 0.00000228. The first kappa shape index (κ1) is 21.5. The predicted molar refractivity (Wildman–Crippen MR) is 133 cm³/mol. The SMILES string of the molecule is Cl.Cn1cc(C2=C(c3cn4c5c(cccc35)CCC4CCN)C(=O)NC2=O)c2ccccc21. The van der Waals surface area contributed by atoms with Gasteiger partial charge in [-0.25, -0.2) is 0 Å². The number of halogens is 1. The van der Waals surface area contributed by atoms with Gasteiger partial charge in [0.05, 0.1) is 16.7 Å². The van der Waals surface area contributed by atoms with Crippen LogP contribution in [-0.4, -0.2) is 27.5 Å². The van der Waals surface area contributed by atoms with Gasteiger partial charge in [0.2, 0.25) is 0 Å². The van der Waals surface area contributed by atoms with E-state index in [4.69, 9.17) is 5.73 Å². The van der Waals surface area contributed by atoms with Crippen molar-refractivity contribution in [1.82, 2.24) is 14.5 Å². The highest BCUT2D eigenvalue weighted by molar-refractivity contribution is 6.50. The van der Waals surface area contributed by atoms with Crippen LogP contribution in [0.2, 0.25) is 0 Å². The van der Waals surface area contributed by atoms with E-state index in [2.05, 4.69) is 28.2 Å². The third kappa shape index (κ3) is 3.05. The highest BCUT2D eigenvalue weighted by atomic mass is 35.5. The molecule has 2 aromatic carbocycles. The fourth-order valence-electron chi connectivity index (χ4n) is 5.52. The van der Waals surface area contributed by atoms with Crippen molar-refractivity contribution in [3.8, 4) is 0 Å². The molecule has 1 unspecified atom stereocenters. The summed E-state index contributed by atoms with van der Waals surface area (Å²) in [5, 5.41) is 4.53. The molecule has 0 aliphatic carbocycles. The zero-order valence-electron chi connectivity index (χ0n) is 18.3. The van der Waals surface area contributed by atoms with E-state index in [0.717, 1.165) is 52.2 Å². The second-order valence-corrected chi connectivity index (χ2v) is 8.74. The zero-order chi connectivity index (χ0) is 22.0. The highest BCUT2D eigenvalue weighted by Gasteiger charge is 2.36. The van der Waals surface area contributed by atoms with Crippen molar-refractivity contribution in [2.24, 2.45) is 12.8 Å². The van der Waals surface area contributed by atoms with Crippen LogP contribution in [0, 0.1) is 0 Å². The lowest BCUT2D eigenvalue weighted by Gasteiger charge is -2.25. The van der Waals surface area contributed by atoms with Crippen molar-refractivity contribution in [3.05, 3.63) is 71.5 Å². The number of nitrogens with zero attached hydrogens (tertiary/aromatic N) is 2. The van der Waals surface area contributed by atoms with E-state index >= 15 is 0 Å². The molecule has 2 aliphatic heterocycles. The van der Waals surface area contributed by atoms with Gasteiger partial charge in [-0.05, 0) is 37.4 Å². The van der Waals surface area contributed by atoms with E-state index in [1.54, 1.807) is 0 Å². The first-order valence-corrected chi connectivity index (χ1v) is 11.1. The van der Waals surface area contributed by atoms with Crippen LogP contribution in [0.25, 0.3) is 33.0 Å². The summed E-state index contributed by atoms with van der Waals surface area (Å²) < 4.78 is 4.28. The number of aryl methyl sites for hydroxylation is 2. The van der Waals surface area contributed by atoms with Crippen molar-refractivity contribution in [3.63, 3.8) is 0 Å². The third-order valence-electron chi connectivity index (χ3n) is 6.94. The molecule has 1 atom stereocenters. The van der Waals surface area contributed by atoms with E-state index in [0.29, 0.717) is 23.7 Å². The number of imide groups is 1. The van der Waals surface area contributed by atoms with Crippen LogP contribution in [0.15, 0.2) is 54.9 Å². The van der Waals surface area contributed by atoms with E-state index in [1.807, 2.05) is 48.1 Å². The largest absolute Gasteiger partial charge is 0.350 e. The molecule has 7 heteroatoms. The highest BCUT2D eigenvalue weighted by Crippen LogP contribution is 2.42. The number of carbonyl (C=O) groups is 2. The summed E-state index contributed by atoms with van der Waals surface area (Å²) in [6.07, 6.45) is 6.91. The van der Waals surface area contributed by atoms with E-state index in [-0.39, 0.29) is 24.2 Å². The molecular formula is C26H25ClN4O2. The summed E-state index contributed by atoms with van der Waals surface area (Å²) in [7, 11) is 1.96. The molecule has 6 rings (SSSR count). The summed E-state index contributed by atoms with van der Waals surface area (Å²) in [6, 6.07) is 14.5. The van der Waals surface area contributed by atoms with Crippen LogP contribution in [-0.2, 0) is 23.1 Å². The molecule has 168 valence electrons. The molecule has 0 saturated carbocycles. The summed E-state index contributed by atoms with van der Waals surface area (Å²) in [4.78, 5) is 26.2. The van der Waals surface area contributed by atoms with Crippen molar-refractivity contribution in [1.29, 1.82) is 0 Å². The fourth-order valence-corrected chi connectivity index (χ4v) is 5.52. The Morgan fingerprint density at radius 1 is 0.970 bits per heavy atom. The van der Waals surface area contributed by atoms with Crippen LogP contribution >= 0.6 is 12.4 Å². The summed E-state index contributed by atoms with van der Waals surface area (Å²) in [5.41, 5.74) is 11.9. The summed E-state index contributed by atoms with van der Waals surface area (Å²) in [5.74, 6) is -0.677. The van der Waals surface area contributed by atoms with Crippen LogP contribution in [0.3, 0.4) is 0 Å². The third-order valence-corrected chi connectivity index (χ3v) is 6.94. The number of hydrogen-bond acceptors (Lipinski definition) is 3. The molecule has 0 radical (unpaired) electrons. The normalized spacial score (nSPS) is 17.7. The molecule has 4 aromatic rings. The van der Waals surface area contributed by atoms with Crippen LogP contribution in [0.5, 0.6) is 0 Å². The standard InChI is InChI=1S/C26H24N4O2.ClH/c1-29-13-19(17-6-2-3-8-21(17)29)22-23(26(32)28-25(22)31)20-14-30-16(11-12-27)10-9-15-5-4-7-18(20)24(15)30;/h2-8,13-14,16H,9-12,27H2,1H3,(H,28,31,32);1H. The maximum atomic E-state index is 13.1. The van der Waals surface area contributed by atoms with Gasteiger partial charge >= 0.3 is 0 Å². The first-order valence-electron chi connectivity index (χ1n) is 11.1. The lowest BCUT2D eigenvalue weighted by Crippen LogP contribution is -2.22. The molecular weight excluding hydrogens is 436 g/mol. The van der Waals surface area contributed by atoms with Crippen molar-refractivity contribution in [2.75, 3.05) is 6.54 Å². The van der Waals surface area contributed by atoms with Crippen LogP contribution < -0.4 is 11.1 Å². The number of para-hydroxylation sites is 2. The maximum absolute atomic E-state index is 13.1. The lowest BCUT2D eigenvalue weighted by molar-refractivity contribution is -0.122. The van der Waals surface area contributed by atoms with Crippen molar-refractivity contribution in [2.45, 2.75) is 25.3 Å². The molecule has 4 heterocycles. The summed E-state index contributed by atoms with van der Waals surface area (Å²) >= 11 is 0. The second kappa shape index (κ2) is 7.90. The summed E-state index contributed by atoms with van der Waals surface area (Å²) in [6.45, 7) is 0.616. The number of carbonyl (C=O) groups excluding carboxylic acids is 2. The van der Waals surface area contributed by atoms with Crippen molar-refractivity contribution < 1.29 is 9.59 Å². The van der Waals surface area contributed by atoms with Gasteiger partial charge in [0, 0.05) is 52.9 Å². The minimum Gasteiger partial charge on any atom is -0.350 e. The Labute approximate surface area is 197 Å². The fraction of sp³-hybridized carbons (Fsp3) is 0.231. The molecule has 33 heavy (non-hydrogen) atoms. The zero-order valence-corrected chi connectivity index (χ0v) is 19.1. The van der Waals surface area contributed by atoms with E-state index in [9.17, 15) is 9.59 Å². The number of fused-ring (bicyclic) bond motifs is 1. The predicted octanol–water partition coefficient (Wildman–Crippen LogP) is 3.96. The Kier molecular flexibility index (Phi) is 5.15. The Hall–Kier alpha value is -3.35. The molecule has 0 bridgehead atoms. The number of nitrogens with two attached hydrogens (primary N) is 1. The van der Waals surface area contributed by atoms with Crippen LogP contribution in [0.1, 0.15) is 35.6 Å². The molecule has 6 nitrogen and oxygen atoms in total. The molecule has 2 amide bonds. The van der Waals surface area contributed by atoms with Gasteiger partial charge in [-0.15, -0.1) is 12.4 Å². The van der Waals surface area contributed by atoms with Gasteiger partial charge in [0.25, 0.3) is 11.8 Å². The number of benzene rings is 2. The monoisotopic (exact) mass is 460 g/mol. The van der Waals surface area contributed by atoms with Gasteiger partial charge in [-0.2, -0.15) is 0 Å². The topological polar surface area (TPSA) is 82.0 Å². The molecule has 0 saturated heterocycles. The molecule has 2 aliphatic rings. The minimum atomic E-state index is -0.341. The van der Waals surface area contributed by atoms with E-state index < -0.39 is 0 Å². The number of hydrogen-bond donors (Lipinski definition) is 2. The number of aromatic nitrogens is 2. The van der Waals surface area contributed by atoms with Gasteiger partial charge in [-0.1, -0.05) is 36.4 Å². The Morgan fingerprint density at radius 3 is 2.42 bits per heavy atom. The average molecular weight is 461 g/mol. The second-order valence-electron chi connectivity index (χ2n) is 8.74. The molecule has 0 fully saturated rings. The van der Waals surface area contributed by atoms with Crippen molar-refractivity contribution >= 4 is 57.2 Å². The Bertz CT molecular complexity index is 1480. The van der Waals surface area contributed by atoms with Crippen LogP contribution in [0.4, 0.5) is 0 Å². The quantitative estimate of drug-likeness (QED) is 0.452. The minimum absolute atomic E-state index is 0. The first-order chi connectivity index (χ1) is 15.6. The maximum Gasteiger partial charge on any atom is 0.259 e. The smallest absolute Gasteiger partial charge is 0.259 e. The van der Waals surface area contributed by atoms with Gasteiger partial charge in [0.15, 0.2) is 0 Å². The number of rotatable bonds is 4. The van der Waals surface area contributed by atoms with Gasteiger partial charge in [-0.3, -0.25) is 14.9 Å². The lowest BCUT2D eigenvalue weighted by atomic mass is 9.94. The molecule has 0 spiro atoms. The number of amides is 2. The van der Waals surface area contributed by atoms with Gasteiger partial charge < -0.3 is 14.9 Å². The number of nitrogens with one attached hydrogen (secondary N) is 1.